The molecule has 7 nitrogen and oxygen atoms in total. The van der Waals surface area contributed by atoms with Gasteiger partial charge in [0.2, 0.25) is 5.91 Å². The van der Waals surface area contributed by atoms with E-state index in [1.165, 1.54) is 37.4 Å². The van der Waals surface area contributed by atoms with Gasteiger partial charge < -0.3 is 4.74 Å². The second kappa shape index (κ2) is 7.77. The predicted octanol–water partition coefficient (Wildman–Crippen LogP) is 3.60. The zero-order valence-corrected chi connectivity index (χ0v) is 15.5. The number of aliphatic imine (C=N–C) groups is 1. The molecule has 1 N–H and O–H groups in total. The molecule has 3 rings (SSSR count). The quantitative estimate of drug-likeness (QED) is 0.621. The SMILES string of the molecule is COc1ccc(N2C(=O)NC(=O)[C@@H](C=Nc3cc(Cl)cc(Cl)c3)C2=O)cc1. The van der Waals surface area contributed by atoms with Gasteiger partial charge in [-0.25, -0.2) is 9.69 Å². The van der Waals surface area contributed by atoms with Gasteiger partial charge in [0, 0.05) is 16.3 Å². The first-order valence-electron chi connectivity index (χ1n) is 7.72. The zero-order valence-electron chi connectivity index (χ0n) is 14.0. The van der Waals surface area contributed by atoms with Crippen LogP contribution in [0.3, 0.4) is 0 Å². The third-order valence-corrected chi connectivity index (χ3v) is 4.19. The minimum absolute atomic E-state index is 0.301. The summed E-state index contributed by atoms with van der Waals surface area (Å²) in [6, 6.07) is 10.0. The number of imide groups is 2. The molecule has 1 atom stereocenters. The van der Waals surface area contributed by atoms with Crippen molar-refractivity contribution in [3.8, 4) is 5.75 Å². The molecule has 138 valence electrons. The Balaban J connectivity index is 1.88. The van der Waals surface area contributed by atoms with E-state index in [1.54, 1.807) is 12.1 Å². The number of methoxy groups -OCH3 is 1. The number of amides is 4. The Morgan fingerprint density at radius 3 is 2.30 bits per heavy atom. The molecule has 0 saturated carbocycles. The lowest BCUT2D eigenvalue weighted by Gasteiger charge is -2.28. The highest BCUT2D eigenvalue weighted by Gasteiger charge is 2.40. The van der Waals surface area contributed by atoms with Gasteiger partial charge >= 0.3 is 6.03 Å². The van der Waals surface area contributed by atoms with E-state index in [0.29, 0.717) is 27.2 Å². The lowest BCUT2D eigenvalue weighted by molar-refractivity contribution is -0.131. The highest BCUT2D eigenvalue weighted by molar-refractivity contribution is 6.35. The van der Waals surface area contributed by atoms with E-state index in [-0.39, 0.29) is 0 Å². The van der Waals surface area contributed by atoms with Gasteiger partial charge in [0.05, 0.1) is 18.5 Å². The highest BCUT2D eigenvalue weighted by Crippen LogP contribution is 2.26. The maximum atomic E-state index is 12.7. The van der Waals surface area contributed by atoms with Gasteiger partial charge in [-0.1, -0.05) is 23.2 Å². The molecule has 2 aromatic carbocycles. The second-order valence-corrected chi connectivity index (χ2v) is 6.42. The molecule has 1 heterocycles. The largest absolute Gasteiger partial charge is 0.497 e. The zero-order chi connectivity index (χ0) is 19.6. The summed E-state index contributed by atoms with van der Waals surface area (Å²) >= 11 is 11.8. The van der Waals surface area contributed by atoms with E-state index in [2.05, 4.69) is 10.3 Å². The number of nitrogens with one attached hydrogen (secondary N) is 1. The molecule has 0 aliphatic carbocycles. The molecular formula is C18H13Cl2N3O4. The average molecular weight is 406 g/mol. The number of rotatable bonds is 4. The third-order valence-electron chi connectivity index (χ3n) is 3.75. The summed E-state index contributed by atoms with van der Waals surface area (Å²) in [5.41, 5.74) is 0.677. The van der Waals surface area contributed by atoms with Crippen LogP contribution in [0.5, 0.6) is 5.75 Å². The number of barbiturate groups is 1. The highest BCUT2D eigenvalue weighted by atomic mass is 35.5. The number of nitrogens with zero attached hydrogens (tertiary/aromatic N) is 2. The van der Waals surface area contributed by atoms with Crippen molar-refractivity contribution >= 4 is 58.6 Å². The fourth-order valence-electron chi connectivity index (χ4n) is 2.47. The molecule has 1 fully saturated rings. The number of anilines is 1. The first-order valence-corrected chi connectivity index (χ1v) is 8.48. The van der Waals surface area contributed by atoms with Crippen molar-refractivity contribution < 1.29 is 19.1 Å². The van der Waals surface area contributed by atoms with Crippen LogP contribution in [-0.2, 0) is 9.59 Å². The van der Waals surface area contributed by atoms with E-state index in [9.17, 15) is 14.4 Å². The topological polar surface area (TPSA) is 88.1 Å². The molecule has 9 heteroatoms. The first-order chi connectivity index (χ1) is 12.9. The molecule has 2 aromatic rings. The smallest absolute Gasteiger partial charge is 0.335 e. The van der Waals surface area contributed by atoms with Gasteiger partial charge in [-0.05, 0) is 42.5 Å². The molecule has 0 aromatic heterocycles. The normalized spacial score (nSPS) is 17.4. The van der Waals surface area contributed by atoms with Crippen molar-refractivity contribution in [2.24, 2.45) is 10.9 Å². The van der Waals surface area contributed by atoms with Crippen molar-refractivity contribution in [2.75, 3.05) is 12.0 Å². The van der Waals surface area contributed by atoms with Crippen LogP contribution in [0.2, 0.25) is 10.0 Å². The average Bonchev–Trinajstić information content (AvgIpc) is 2.61. The summed E-state index contributed by atoms with van der Waals surface area (Å²) in [5, 5.41) is 2.88. The summed E-state index contributed by atoms with van der Waals surface area (Å²) in [4.78, 5) is 41.9. The number of halogens is 2. The molecule has 27 heavy (non-hydrogen) atoms. The predicted molar refractivity (Wildman–Crippen MR) is 102 cm³/mol. The van der Waals surface area contributed by atoms with Crippen LogP contribution in [0.25, 0.3) is 0 Å². The number of hydrogen-bond donors (Lipinski definition) is 1. The van der Waals surface area contributed by atoms with Gasteiger partial charge in [-0.15, -0.1) is 0 Å². The van der Waals surface area contributed by atoms with Crippen LogP contribution in [0.1, 0.15) is 0 Å². The Bertz CT molecular complexity index is 924. The van der Waals surface area contributed by atoms with Crippen molar-refractivity contribution in [3.05, 3.63) is 52.5 Å². The Morgan fingerprint density at radius 2 is 1.70 bits per heavy atom. The fraction of sp³-hybridized carbons (Fsp3) is 0.111. The molecule has 1 aliphatic heterocycles. The van der Waals surface area contributed by atoms with Gasteiger partial charge in [0.25, 0.3) is 5.91 Å². The maximum Gasteiger partial charge on any atom is 0.335 e. The molecule has 1 aliphatic rings. The van der Waals surface area contributed by atoms with Crippen molar-refractivity contribution in [1.29, 1.82) is 0 Å². The molecule has 0 spiro atoms. The number of urea groups is 1. The monoisotopic (exact) mass is 405 g/mol. The molecule has 0 bridgehead atoms. The van der Waals surface area contributed by atoms with Crippen LogP contribution in [0.15, 0.2) is 47.5 Å². The van der Waals surface area contributed by atoms with Gasteiger partial charge in [-0.3, -0.25) is 19.9 Å². The first kappa shape index (κ1) is 18.9. The number of benzene rings is 2. The van der Waals surface area contributed by atoms with Gasteiger partial charge in [0.15, 0.2) is 5.92 Å². The molecular weight excluding hydrogens is 393 g/mol. The molecule has 4 amide bonds. The van der Waals surface area contributed by atoms with E-state index in [4.69, 9.17) is 27.9 Å². The van der Waals surface area contributed by atoms with Gasteiger partial charge in [-0.2, -0.15) is 0 Å². The lowest BCUT2D eigenvalue weighted by atomic mass is 10.1. The Kier molecular flexibility index (Phi) is 5.43. The van der Waals surface area contributed by atoms with E-state index >= 15 is 0 Å². The van der Waals surface area contributed by atoms with Crippen molar-refractivity contribution in [3.63, 3.8) is 0 Å². The summed E-state index contributed by atoms with van der Waals surface area (Å²) in [6.45, 7) is 0. The standard InChI is InChI=1S/C18H13Cl2N3O4/c1-27-14-4-2-13(3-5-14)23-17(25)15(16(24)22-18(23)26)9-21-12-7-10(19)6-11(20)8-12/h2-9,15H,1H3,(H,22,24,26)/t15-/m1/s1. The Hall–Kier alpha value is -2.90. The van der Waals surface area contributed by atoms with Crippen LogP contribution in [-0.4, -0.2) is 31.2 Å². The minimum atomic E-state index is -1.28. The van der Waals surface area contributed by atoms with Crippen LogP contribution >= 0.6 is 23.2 Å². The van der Waals surface area contributed by atoms with E-state index in [1.807, 2.05) is 0 Å². The van der Waals surface area contributed by atoms with Crippen LogP contribution < -0.4 is 15.0 Å². The summed E-state index contributed by atoms with van der Waals surface area (Å²) in [5.74, 6) is -2.18. The summed E-state index contributed by atoms with van der Waals surface area (Å²) in [7, 11) is 1.50. The van der Waals surface area contributed by atoms with E-state index < -0.39 is 23.8 Å². The fourth-order valence-corrected chi connectivity index (χ4v) is 2.99. The maximum absolute atomic E-state index is 12.7. The lowest BCUT2D eigenvalue weighted by Crippen LogP contribution is -2.58. The van der Waals surface area contributed by atoms with E-state index in [0.717, 1.165) is 11.1 Å². The number of carbonyl (C=O) groups is 3. The summed E-state index contributed by atoms with van der Waals surface area (Å²) < 4.78 is 5.05. The van der Waals surface area contributed by atoms with Crippen LogP contribution in [0.4, 0.5) is 16.2 Å². The Labute approximate surface area is 164 Å². The molecule has 0 radical (unpaired) electrons. The molecule has 0 unspecified atom stereocenters. The summed E-state index contributed by atoms with van der Waals surface area (Å²) in [6.07, 6.45) is 1.16. The number of carbonyl (C=O) groups excluding carboxylic acids is 3. The Morgan fingerprint density at radius 1 is 1.07 bits per heavy atom. The number of ether oxygens (including phenoxy) is 1. The minimum Gasteiger partial charge on any atom is -0.497 e. The van der Waals surface area contributed by atoms with Crippen molar-refractivity contribution in [1.82, 2.24) is 5.32 Å². The number of hydrogen-bond acceptors (Lipinski definition) is 5. The second-order valence-electron chi connectivity index (χ2n) is 5.55. The van der Waals surface area contributed by atoms with Crippen molar-refractivity contribution in [2.45, 2.75) is 0 Å². The van der Waals surface area contributed by atoms with Crippen LogP contribution in [0, 0.1) is 5.92 Å². The third kappa shape index (κ3) is 4.10. The molecule has 1 saturated heterocycles. The van der Waals surface area contributed by atoms with Gasteiger partial charge in [0.1, 0.15) is 5.75 Å².